The second-order valence-corrected chi connectivity index (χ2v) is 6.49. The Morgan fingerprint density at radius 3 is 2.21 bits per heavy atom. The predicted molar refractivity (Wildman–Crippen MR) is 97.3 cm³/mol. The molecule has 0 spiro atoms. The lowest BCUT2D eigenvalue weighted by atomic mass is 10.2. The van der Waals surface area contributed by atoms with Crippen molar-refractivity contribution in [1.29, 1.82) is 0 Å². The van der Waals surface area contributed by atoms with E-state index in [1.54, 1.807) is 18.2 Å². The molecule has 0 bridgehead atoms. The van der Waals surface area contributed by atoms with Crippen molar-refractivity contribution in [3.63, 3.8) is 0 Å². The van der Waals surface area contributed by atoms with Crippen LogP contribution in [0.2, 0.25) is 0 Å². The van der Waals surface area contributed by atoms with Gasteiger partial charge >= 0.3 is 0 Å². The van der Waals surface area contributed by atoms with Crippen LogP contribution in [0.1, 0.15) is 21.7 Å². The van der Waals surface area contributed by atoms with E-state index in [-0.39, 0.29) is 11.6 Å². The first kappa shape index (κ1) is 16.5. The van der Waals surface area contributed by atoms with Crippen LogP contribution < -0.4 is 5.32 Å². The maximum Gasteiger partial charge on any atom is 0.255 e. The summed E-state index contributed by atoms with van der Waals surface area (Å²) in [6, 6.07) is 15.9. The molecule has 1 heterocycles. The summed E-state index contributed by atoms with van der Waals surface area (Å²) in [5.74, 6) is -0.823. The van der Waals surface area contributed by atoms with Crippen LogP contribution in [0.5, 0.6) is 0 Å². The Hall–Kier alpha value is -2.40. The van der Waals surface area contributed by atoms with E-state index in [1.165, 1.54) is 12.1 Å². The number of carbonyl (C=O) groups excluding carboxylic acids is 1. The van der Waals surface area contributed by atoms with Crippen molar-refractivity contribution < 1.29 is 9.18 Å². The molecule has 2 aromatic carbocycles. The van der Waals surface area contributed by atoms with Crippen molar-refractivity contribution in [2.45, 2.75) is 13.8 Å². The van der Waals surface area contributed by atoms with Gasteiger partial charge in [-0.05, 0) is 68.4 Å². The summed E-state index contributed by atoms with van der Waals surface area (Å²) in [6.07, 6.45) is 0. The molecular weight excluding hydrogens is 371 g/mol. The van der Waals surface area contributed by atoms with E-state index < -0.39 is 5.82 Å². The number of nitrogens with zero attached hydrogens (tertiary/aromatic N) is 1. The highest BCUT2D eigenvalue weighted by Crippen LogP contribution is 2.21. The van der Waals surface area contributed by atoms with Crippen molar-refractivity contribution in [3.8, 4) is 5.69 Å². The van der Waals surface area contributed by atoms with Crippen molar-refractivity contribution in [1.82, 2.24) is 4.57 Å². The van der Waals surface area contributed by atoms with Gasteiger partial charge in [-0.3, -0.25) is 4.79 Å². The highest BCUT2D eigenvalue weighted by Gasteiger charge is 2.11. The number of aromatic nitrogens is 1. The van der Waals surface area contributed by atoms with Crippen LogP contribution in [0, 0.1) is 19.7 Å². The molecule has 0 aliphatic heterocycles. The Morgan fingerprint density at radius 1 is 1.00 bits per heavy atom. The first-order valence-corrected chi connectivity index (χ1v) is 8.27. The topological polar surface area (TPSA) is 34.0 Å². The second-order valence-electron chi connectivity index (χ2n) is 5.58. The van der Waals surface area contributed by atoms with Crippen molar-refractivity contribution >= 4 is 27.5 Å². The zero-order valence-electron chi connectivity index (χ0n) is 13.3. The van der Waals surface area contributed by atoms with Crippen molar-refractivity contribution in [3.05, 3.63) is 81.8 Å². The van der Waals surface area contributed by atoms with Gasteiger partial charge in [-0.2, -0.15) is 0 Å². The summed E-state index contributed by atoms with van der Waals surface area (Å²) in [7, 11) is 0. The van der Waals surface area contributed by atoms with Crippen molar-refractivity contribution in [2.75, 3.05) is 5.32 Å². The Morgan fingerprint density at radius 2 is 1.62 bits per heavy atom. The van der Waals surface area contributed by atoms with Gasteiger partial charge in [0, 0.05) is 27.1 Å². The monoisotopic (exact) mass is 386 g/mol. The van der Waals surface area contributed by atoms with E-state index in [0.717, 1.165) is 17.1 Å². The summed E-state index contributed by atoms with van der Waals surface area (Å²) in [6.45, 7) is 4.06. The van der Waals surface area contributed by atoms with Crippen LogP contribution in [0.4, 0.5) is 10.1 Å². The third kappa shape index (κ3) is 3.26. The number of aryl methyl sites for hydroxylation is 2. The minimum Gasteiger partial charge on any atom is -0.319 e. The summed E-state index contributed by atoms with van der Waals surface area (Å²) in [5.41, 5.74) is 3.87. The number of halogens is 2. The van der Waals surface area contributed by atoms with Gasteiger partial charge in [-0.25, -0.2) is 4.39 Å². The molecule has 0 saturated heterocycles. The molecule has 3 nitrogen and oxygen atoms in total. The third-order valence-corrected chi connectivity index (χ3v) is 4.33. The normalized spacial score (nSPS) is 10.7. The van der Waals surface area contributed by atoms with Crippen LogP contribution in [0.25, 0.3) is 5.69 Å². The molecule has 122 valence electrons. The van der Waals surface area contributed by atoms with Gasteiger partial charge in [0.1, 0.15) is 5.82 Å². The fourth-order valence-corrected chi connectivity index (χ4v) is 2.96. The van der Waals surface area contributed by atoms with Crippen LogP contribution >= 0.6 is 15.9 Å². The summed E-state index contributed by atoms with van der Waals surface area (Å²) in [5, 5.41) is 2.59. The minimum absolute atomic E-state index is 0.157. The van der Waals surface area contributed by atoms with Crippen LogP contribution in [0.3, 0.4) is 0 Å². The minimum atomic E-state index is -0.479. The van der Waals surface area contributed by atoms with Gasteiger partial charge in [-0.1, -0.05) is 15.9 Å². The van der Waals surface area contributed by atoms with Crippen LogP contribution in [-0.4, -0.2) is 10.5 Å². The second kappa shape index (κ2) is 6.61. The summed E-state index contributed by atoms with van der Waals surface area (Å²) in [4.78, 5) is 12.3. The molecule has 3 aromatic rings. The summed E-state index contributed by atoms with van der Waals surface area (Å²) >= 11 is 3.19. The number of hydrogen-bond donors (Lipinski definition) is 1. The number of benzene rings is 2. The fraction of sp³-hybridized carbons (Fsp3) is 0.105. The molecule has 1 amide bonds. The Labute approximate surface area is 148 Å². The van der Waals surface area contributed by atoms with Gasteiger partial charge in [-0.15, -0.1) is 0 Å². The molecule has 1 aromatic heterocycles. The standard InChI is InChI=1S/C19H16BrFN2O/c1-12-3-4-13(2)23(12)16-8-5-14(6-9-16)19(24)22-18-10-7-15(20)11-17(18)21/h3-11H,1-2H3,(H,22,24). The molecule has 0 aliphatic rings. The lowest BCUT2D eigenvalue weighted by Gasteiger charge is -2.11. The Kier molecular flexibility index (Phi) is 4.53. The van der Waals surface area contributed by atoms with E-state index in [9.17, 15) is 9.18 Å². The van der Waals surface area contributed by atoms with Gasteiger partial charge in [0.2, 0.25) is 0 Å². The predicted octanol–water partition coefficient (Wildman–Crippen LogP) is 5.25. The lowest BCUT2D eigenvalue weighted by molar-refractivity contribution is 0.102. The molecule has 0 unspecified atom stereocenters. The molecule has 0 radical (unpaired) electrons. The van der Waals surface area contributed by atoms with Gasteiger partial charge in [0.05, 0.1) is 5.69 Å². The van der Waals surface area contributed by atoms with E-state index in [4.69, 9.17) is 0 Å². The molecule has 1 N–H and O–H groups in total. The molecule has 0 aliphatic carbocycles. The third-order valence-electron chi connectivity index (χ3n) is 3.84. The highest BCUT2D eigenvalue weighted by molar-refractivity contribution is 9.10. The molecule has 5 heteroatoms. The van der Waals surface area contributed by atoms with Gasteiger partial charge in [0.15, 0.2) is 0 Å². The average Bonchev–Trinajstić information content (AvgIpc) is 2.89. The number of rotatable bonds is 3. The van der Waals surface area contributed by atoms with Crippen LogP contribution in [0.15, 0.2) is 59.1 Å². The number of nitrogens with one attached hydrogen (secondary N) is 1. The molecule has 0 atom stereocenters. The molecule has 0 fully saturated rings. The maximum atomic E-state index is 13.8. The number of carbonyl (C=O) groups is 1. The molecule has 3 rings (SSSR count). The first-order chi connectivity index (χ1) is 11.5. The van der Waals surface area contributed by atoms with E-state index in [0.29, 0.717) is 10.0 Å². The first-order valence-electron chi connectivity index (χ1n) is 7.47. The molecule has 0 saturated carbocycles. The maximum absolute atomic E-state index is 13.8. The SMILES string of the molecule is Cc1ccc(C)n1-c1ccc(C(=O)Nc2ccc(Br)cc2F)cc1. The number of amides is 1. The average molecular weight is 387 g/mol. The quantitative estimate of drug-likeness (QED) is 0.655. The fourth-order valence-electron chi connectivity index (χ4n) is 2.62. The van der Waals surface area contributed by atoms with Gasteiger partial charge < -0.3 is 9.88 Å². The van der Waals surface area contributed by atoms with E-state index in [2.05, 4.69) is 25.8 Å². The number of anilines is 1. The molecular formula is C19H16BrFN2O. The van der Waals surface area contributed by atoms with E-state index in [1.807, 2.05) is 38.1 Å². The summed E-state index contributed by atoms with van der Waals surface area (Å²) < 4.78 is 16.5. The zero-order valence-corrected chi connectivity index (χ0v) is 14.9. The highest BCUT2D eigenvalue weighted by atomic mass is 79.9. The van der Waals surface area contributed by atoms with Crippen molar-refractivity contribution in [2.24, 2.45) is 0 Å². The van der Waals surface area contributed by atoms with Crippen LogP contribution in [-0.2, 0) is 0 Å². The Bertz CT molecular complexity index is 881. The van der Waals surface area contributed by atoms with Gasteiger partial charge in [0.25, 0.3) is 5.91 Å². The largest absolute Gasteiger partial charge is 0.319 e. The smallest absolute Gasteiger partial charge is 0.255 e. The van der Waals surface area contributed by atoms with E-state index >= 15 is 0 Å². The lowest BCUT2D eigenvalue weighted by Crippen LogP contribution is -2.13. The Balaban J connectivity index is 1.81. The zero-order chi connectivity index (χ0) is 17.3. The number of hydrogen-bond acceptors (Lipinski definition) is 1. The molecule has 24 heavy (non-hydrogen) atoms.